The average Bonchev–Trinajstić information content (AvgIpc) is 2.91. The Kier molecular flexibility index (Phi) is 3.39. The van der Waals surface area contributed by atoms with Crippen molar-refractivity contribution < 1.29 is 9.84 Å². The number of para-hydroxylation sites is 1. The van der Waals surface area contributed by atoms with Gasteiger partial charge in [-0.05, 0) is 29.5 Å². The van der Waals surface area contributed by atoms with Crippen LogP contribution in [0.15, 0.2) is 42.0 Å². The first kappa shape index (κ1) is 12.1. The number of thiophene rings is 1. The van der Waals surface area contributed by atoms with Crippen LogP contribution in [0.4, 0.5) is 0 Å². The van der Waals surface area contributed by atoms with Crippen LogP contribution in [-0.2, 0) is 6.42 Å². The summed E-state index contributed by atoms with van der Waals surface area (Å²) in [6.45, 7) is 0.0952. The Bertz CT molecular complexity index is 696. The smallest absolute Gasteiger partial charge is 0.231 e. The van der Waals surface area contributed by atoms with Crippen molar-refractivity contribution in [1.29, 1.82) is 0 Å². The molecule has 1 aromatic carbocycles. The maximum atomic E-state index is 9.07. The standard InChI is InChI=1S/C14H12N2O2S/c17-7-5-10-3-1-2-4-12(10)18-13-11-6-8-19-14(11)16-9-15-13/h1-4,6,8-9,17H,5,7H2. The largest absolute Gasteiger partial charge is 0.438 e. The highest BCUT2D eigenvalue weighted by molar-refractivity contribution is 7.16. The van der Waals surface area contributed by atoms with Gasteiger partial charge in [-0.15, -0.1) is 11.3 Å². The summed E-state index contributed by atoms with van der Waals surface area (Å²) in [6.07, 6.45) is 2.07. The Hall–Kier alpha value is -1.98. The molecule has 0 atom stereocenters. The van der Waals surface area contributed by atoms with E-state index in [0.717, 1.165) is 21.5 Å². The monoisotopic (exact) mass is 272 g/mol. The number of aromatic nitrogens is 2. The molecule has 3 rings (SSSR count). The zero-order valence-electron chi connectivity index (χ0n) is 10.1. The Morgan fingerprint density at radius 1 is 1.16 bits per heavy atom. The summed E-state index contributed by atoms with van der Waals surface area (Å²) >= 11 is 1.56. The minimum Gasteiger partial charge on any atom is -0.438 e. The molecule has 0 bridgehead atoms. The lowest BCUT2D eigenvalue weighted by Crippen LogP contribution is -1.96. The molecule has 0 spiro atoms. The summed E-state index contributed by atoms with van der Waals surface area (Å²) in [4.78, 5) is 9.28. The minimum absolute atomic E-state index is 0.0952. The molecule has 0 saturated heterocycles. The molecule has 19 heavy (non-hydrogen) atoms. The van der Waals surface area contributed by atoms with E-state index in [0.29, 0.717) is 12.3 Å². The van der Waals surface area contributed by atoms with Gasteiger partial charge in [0.05, 0.1) is 5.39 Å². The minimum atomic E-state index is 0.0952. The summed E-state index contributed by atoms with van der Waals surface area (Å²) in [5.74, 6) is 1.28. The lowest BCUT2D eigenvalue weighted by molar-refractivity contribution is 0.297. The number of hydrogen-bond acceptors (Lipinski definition) is 5. The fraction of sp³-hybridized carbons (Fsp3) is 0.143. The zero-order chi connectivity index (χ0) is 13.1. The lowest BCUT2D eigenvalue weighted by Gasteiger charge is -2.09. The second-order valence-electron chi connectivity index (χ2n) is 4.00. The van der Waals surface area contributed by atoms with Crippen molar-refractivity contribution in [2.24, 2.45) is 0 Å². The number of aliphatic hydroxyl groups is 1. The van der Waals surface area contributed by atoms with Gasteiger partial charge in [0.15, 0.2) is 0 Å². The van der Waals surface area contributed by atoms with Gasteiger partial charge in [0.25, 0.3) is 0 Å². The fourth-order valence-electron chi connectivity index (χ4n) is 1.88. The van der Waals surface area contributed by atoms with E-state index in [-0.39, 0.29) is 6.61 Å². The molecule has 5 heteroatoms. The molecular weight excluding hydrogens is 260 g/mol. The van der Waals surface area contributed by atoms with Crippen LogP contribution < -0.4 is 4.74 Å². The molecule has 0 unspecified atom stereocenters. The van der Waals surface area contributed by atoms with Crippen molar-refractivity contribution in [3.63, 3.8) is 0 Å². The van der Waals surface area contributed by atoms with Crippen LogP contribution >= 0.6 is 11.3 Å². The Morgan fingerprint density at radius 2 is 2.05 bits per heavy atom. The van der Waals surface area contributed by atoms with Gasteiger partial charge in [0.1, 0.15) is 16.9 Å². The molecule has 0 amide bonds. The molecule has 0 aliphatic carbocycles. The van der Waals surface area contributed by atoms with E-state index in [1.807, 2.05) is 35.7 Å². The number of rotatable bonds is 4. The van der Waals surface area contributed by atoms with E-state index < -0.39 is 0 Å². The van der Waals surface area contributed by atoms with E-state index in [9.17, 15) is 0 Å². The molecule has 0 aliphatic heterocycles. The van der Waals surface area contributed by atoms with Crippen LogP contribution in [0.3, 0.4) is 0 Å². The normalized spacial score (nSPS) is 10.8. The van der Waals surface area contributed by atoms with Crippen LogP contribution in [0.2, 0.25) is 0 Å². The van der Waals surface area contributed by atoms with E-state index in [4.69, 9.17) is 9.84 Å². The summed E-state index contributed by atoms with van der Waals surface area (Å²) < 4.78 is 5.88. The molecule has 2 heterocycles. The van der Waals surface area contributed by atoms with Crippen molar-refractivity contribution in [1.82, 2.24) is 9.97 Å². The first-order chi connectivity index (χ1) is 9.38. The highest BCUT2D eigenvalue weighted by atomic mass is 32.1. The Labute approximate surface area is 114 Å². The SMILES string of the molecule is OCCc1ccccc1Oc1ncnc2sccc12. The third-order valence-electron chi connectivity index (χ3n) is 2.79. The van der Waals surface area contributed by atoms with Gasteiger partial charge >= 0.3 is 0 Å². The van der Waals surface area contributed by atoms with E-state index in [1.54, 1.807) is 11.3 Å². The van der Waals surface area contributed by atoms with Crippen molar-refractivity contribution in [2.45, 2.75) is 6.42 Å². The summed E-state index contributed by atoms with van der Waals surface area (Å²) in [5.41, 5.74) is 0.965. The van der Waals surface area contributed by atoms with Crippen LogP contribution in [-0.4, -0.2) is 21.7 Å². The Morgan fingerprint density at radius 3 is 2.95 bits per heavy atom. The van der Waals surface area contributed by atoms with Gasteiger partial charge in [-0.25, -0.2) is 9.97 Å². The van der Waals surface area contributed by atoms with E-state index >= 15 is 0 Å². The van der Waals surface area contributed by atoms with Gasteiger partial charge in [-0.1, -0.05) is 18.2 Å². The van der Waals surface area contributed by atoms with Crippen molar-refractivity contribution in [3.05, 3.63) is 47.6 Å². The lowest BCUT2D eigenvalue weighted by atomic mass is 10.1. The van der Waals surface area contributed by atoms with Gasteiger partial charge in [0.2, 0.25) is 5.88 Å². The van der Waals surface area contributed by atoms with Crippen molar-refractivity contribution in [3.8, 4) is 11.6 Å². The number of benzene rings is 1. The van der Waals surface area contributed by atoms with E-state index in [2.05, 4.69) is 9.97 Å². The summed E-state index contributed by atoms with van der Waals surface area (Å²) in [6, 6.07) is 9.60. The summed E-state index contributed by atoms with van der Waals surface area (Å²) in [5, 5.41) is 11.9. The first-order valence-corrected chi connectivity index (χ1v) is 6.81. The molecule has 3 aromatic rings. The molecule has 1 N–H and O–H groups in total. The van der Waals surface area contributed by atoms with Crippen molar-refractivity contribution in [2.75, 3.05) is 6.61 Å². The Balaban J connectivity index is 1.99. The maximum Gasteiger partial charge on any atom is 0.231 e. The van der Waals surface area contributed by atoms with E-state index in [1.165, 1.54) is 6.33 Å². The second-order valence-corrected chi connectivity index (χ2v) is 4.90. The highest BCUT2D eigenvalue weighted by Gasteiger charge is 2.09. The predicted molar refractivity (Wildman–Crippen MR) is 74.7 cm³/mol. The number of hydrogen-bond donors (Lipinski definition) is 1. The molecule has 0 fully saturated rings. The van der Waals surface area contributed by atoms with Gasteiger partial charge in [0, 0.05) is 6.61 Å². The van der Waals surface area contributed by atoms with Crippen LogP contribution in [0.5, 0.6) is 11.6 Å². The zero-order valence-corrected chi connectivity index (χ0v) is 10.9. The van der Waals surface area contributed by atoms with Crippen molar-refractivity contribution >= 4 is 21.6 Å². The third-order valence-corrected chi connectivity index (χ3v) is 3.61. The number of nitrogens with zero attached hydrogens (tertiary/aromatic N) is 2. The number of aliphatic hydroxyl groups excluding tert-OH is 1. The number of ether oxygens (including phenoxy) is 1. The van der Waals surface area contributed by atoms with Crippen LogP contribution in [0.1, 0.15) is 5.56 Å². The molecule has 96 valence electrons. The van der Waals surface area contributed by atoms with Gasteiger partial charge in [-0.3, -0.25) is 0 Å². The van der Waals surface area contributed by atoms with Gasteiger partial charge in [-0.2, -0.15) is 0 Å². The first-order valence-electron chi connectivity index (χ1n) is 5.93. The van der Waals surface area contributed by atoms with Crippen LogP contribution in [0.25, 0.3) is 10.2 Å². The third kappa shape index (κ3) is 2.43. The molecule has 0 radical (unpaired) electrons. The fourth-order valence-corrected chi connectivity index (χ4v) is 2.61. The molecule has 4 nitrogen and oxygen atoms in total. The molecular formula is C14H12N2O2S. The molecule has 0 saturated carbocycles. The quantitative estimate of drug-likeness (QED) is 0.793. The highest BCUT2D eigenvalue weighted by Crippen LogP contribution is 2.31. The average molecular weight is 272 g/mol. The predicted octanol–water partition coefficient (Wildman–Crippen LogP) is 3.02. The van der Waals surface area contributed by atoms with Gasteiger partial charge < -0.3 is 9.84 Å². The topological polar surface area (TPSA) is 55.2 Å². The second kappa shape index (κ2) is 5.34. The molecule has 0 aliphatic rings. The summed E-state index contributed by atoms with van der Waals surface area (Å²) in [7, 11) is 0. The molecule has 2 aromatic heterocycles. The number of fused-ring (bicyclic) bond motifs is 1. The van der Waals surface area contributed by atoms with Crippen LogP contribution in [0, 0.1) is 0 Å². The maximum absolute atomic E-state index is 9.07.